The maximum atomic E-state index is 12.1. The first-order valence-electron chi connectivity index (χ1n) is 5.94. The summed E-state index contributed by atoms with van der Waals surface area (Å²) in [5.74, 6) is 0.851. The van der Waals surface area contributed by atoms with Gasteiger partial charge in [0.1, 0.15) is 4.60 Å². The van der Waals surface area contributed by atoms with Crippen molar-refractivity contribution in [1.82, 2.24) is 10.3 Å². The van der Waals surface area contributed by atoms with Gasteiger partial charge in [0.2, 0.25) is 0 Å². The van der Waals surface area contributed by atoms with Crippen LogP contribution in [0.15, 0.2) is 16.7 Å². The summed E-state index contributed by atoms with van der Waals surface area (Å²) in [5.41, 5.74) is 1.96. The van der Waals surface area contributed by atoms with Crippen LogP contribution in [0.2, 0.25) is 0 Å². The van der Waals surface area contributed by atoms with Crippen molar-refractivity contribution < 1.29 is 4.79 Å². The van der Waals surface area contributed by atoms with Gasteiger partial charge in [-0.05, 0) is 53.4 Å². The molecular weight excluding hydrogens is 280 g/mol. The quantitative estimate of drug-likeness (QED) is 0.870. The molecule has 2 rings (SSSR count). The van der Waals surface area contributed by atoms with E-state index in [1.165, 1.54) is 0 Å². The number of rotatable bonds is 3. The van der Waals surface area contributed by atoms with Gasteiger partial charge in [-0.2, -0.15) is 0 Å². The molecule has 1 aliphatic rings. The minimum atomic E-state index is 0.0187. The van der Waals surface area contributed by atoms with Gasteiger partial charge in [-0.3, -0.25) is 4.79 Å². The fourth-order valence-corrected chi connectivity index (χ4v) is 2.52. The minimum absolute atomic E-state index is 0.0187. The Morgan fingerprint density at radius 3 is 3.00 bits per heavy atom. The predicted octanol–water partition coefficient (Wildman–Crippen LogP) is 2.26. The lowest BCUT2D eigenvalue weighted by atomic mass is 10.0. The summed E-state index contributed by atoms with van der Waals surface area (Å²) in [7, 11) is 0. The number of hydrogen-bond donors (Lipinski definition) is 1. The first-order valence-corrected chi connectivity index (χ1v) is 6.73. The Morgan fingerprint density at radius 2 is 2.35 bits per heavy atom. The summed E-state index contributed by atoms with van der Waals surface area (Å²) < 4.78 is 0.790. The van der Waals surface area contributed by atoms with Gasteiger partial charge in [-0.1, -0.05) is 13.0 Å². The van der Waals surface area contributed by atoms with Crippen LogP contribution >= 0.6 is 15.9 Å². The number of aromatic nitrogens is 1. The van der Waals surface area contributed by atoms with E-state index in [0.717, 1.165) is 28.8 Å². The van der Waals surface area contributed by atoms with Crippen LogP contribution in [-0.2, 0) is 11.2 Å². The number of nitrogens with one attached hydrogen (secondary N) is 1. The molecule has 2 atom stereocenters. The van der Waals surface area contributed by atoms with Gasteiger partial charge in [0.15, 0.2) is 5.78 Å². The number of aryl methyl sites for hydroxylation is 1. The molecule has 0 amide bonds. The highest BCUT2D eigenvalue weighted by Gasteiger charge is 2.27. The second kappa shape index (κ2) is 5.27. The van der Waals surface area contributed by atoms with Gasteiger partial charge in [-0.15, -0.1) is 0 Å². The number of ketones is 1. The number of halogens is 1. The molecule has 17 heavy (non-hydrogen) atoms. The van der Waals surface area contributed by atoms with Crippen LogP contribution in [0.3, 0.4) is 0 Å². The Bertz CT molecular complexity index is 433. The van der Waals surface area contributed by atoms with Crippen molar-refractivity contribution in [2.75, 3.05) is 6.54 Å². The molecule has 1 aromatic heterocycles. The first-order chi connectivity index (χ1) is 8.06. The molecule has 1 N–H and O–H groups in total. The van der Waals surface area contributed by atoms with E-state index in [1.54, 1.807) is 0 Å². The predicted molar refractivity (Wildman–Crippen MR) is 71.0 cm³/mol. The van der Waals surface area contributed by atoms with Crippen molar-refractivity contribution >= 4 is 21.7 Å². The van der Waals surface area contributed by atoms with Gasteiger partial charge in [0.25, 0.3) is 0 Å². The number of carbonyl (C=O) groups excluding carboxylic acids is 1. The summed E-state index contributed by atoms with van der Waals surface area (Å²) in [5, 5.41) is 3.27. The minimum Gasteiger partial charge on any atom is -0.307 e. The maximum Gasteiger partial charge on any atom is 0.155 e. The summed E-state index contributed by atoms with van der Waals surface area (Å²) in [6.45, 7) is 5.11. The molecule has 0 aliphatic carbocycles. The number of hydrogen-bond acceptors (Lipinski definition) is 3. The first kappa shape index (κ1) is 12.7. The van der Waals surface area contributed by atoms with Crippen molar-refractivity contribution in [3.63, 3.8) is 0 Å². The van der Waals surface area contributed by atoms with Crippen molar-refractivity contribution in [3.8, 4) is 0 Å². The van der Waals surface area contributed by atoms with Crippen LogP contribution in [0.1, 0.15) is 24.6 Å². The Kier molecular flexibility index (Phi) is 3.94. The van der Waals surface area contributed by atoms with Gasteiger partial charge >= 0.3 is 0 Å². The van der Waals surface area contributed by atoms with E-state index >= 15 is 0 Å². The highest BCUT2D eigenvalue weighted by Crippen LogP contribution is 2.17. The van der Waals surface area contributed by atoms with Crippen molar-refractivity contribution in [2.45, 2.75) is 32.7 Å². The Balaban J connectivity index is 2.05. The lowest BCUT2D eigenvalue weighted by Gasteiger charge is -2.10. The molecule has 1 saturated heterocycles. The zero-order valence-corrected chi connectivity index (χ0v) is 11.8. The summed E-state index contributed by atoms with van der Waals surface area (Å²) >= 11 is 3.34. The average molecular weight is 297 g/mol. The fourth-order valence-electron chi connectivity index (χ4n) is 2.17. The molecule has 4 heteroatoms. The Labute approximate surface area is 110 Å². The van der Waals surface area contributed by atoms with Gasteiger partial charge in [-0.25, -0.2) is 4.98 Å². The largest absolute Gasteiger partial charge is 0.307 e. The van der Waals surface area contributed by atoms with E-state index in [-0.39, 0.29) is 11.8 Å². The monoisotopic (exact) mass is 296 g/mol. The third-order valence-electron chi connectivity index (χ3n) is 3.25. The number of pyridine rings is 1. The van der Waals surface area contributed by atoms with Crippen LogP contribution in [0.4, 0.5) is 0 Å². The van der Waals surface area contributed by atoms with Crippen molar-refractivity contribution in [1.29, 1.82) is 0 Å². The molecule has 0 saturated carbocycles. The molecule has 1 aliphatic heterocycles. The standard InChI is InChI=1S/C13H17BrN2O/c1-8-5-11(15-7-8)12(17)6-10-9(2)3-4-13(14)16-10/h3-4,8,11,15H,5-7H2,1-2H3/t8-,11+/m1/s1. The molecule has 1 fully saturated rings. The molecule has 0 radical (unpaired) electrons. The van der Waals surface area contributed by atoms with E-state index in [9.17, 15) is 4.79 Å². The maximum absolute atomic E-state index is 12.1. The second-order valence-electron chi connectivity index (χ2n) is 4.84. The SMILES string of the molecule is Cc1ccc(Br)nc1CC(=O)[C@@H]1C[C@@H](C)CN1. The van der Waals surface area contributed by atoms with Crippen LogP contribution < -0.4 is 5.32 Å². The van der Waals surface area contributed by atoms with Crippen LogP contribution in [0.25, 0.3) is 0 Å². The van der Waals surface area contributed by atoms with E-state index in [1.807, 2.05) is 19.1 Å². The van der Waals surface area contributed by atoms with Crippen LogP contribution in [0, 0.1) is 12.8 Å². The third-order valence-corrected chi connectivity index (χ3v) is 3.69. The molecule has 2 heterocycles. The molecule has 3 nitrogen and oxygen atoms in total. The topological polar surface area (TPSA) is 42.0 Å². The smallest absolute Gasteiger partial charge is 0.155 e. The Morgan fingerprint density at radius 1 is 1.59 bits per heavy atom. The average Bonchev–Trinajstić information content (AvgIpc) is 2.70. The fraction of sp³-hybridized carbons (Fsp3) is 0.538. The van der Waals surface area contributed by atoms with Gasteiger partial charge < -0.3 is 5.32 Å². The number of carbonyl (C=O) groups is 1. The second-order valence-corrected chi connectivity index (χ2v) is 5.65. The molecule has 92 valence electrons. The molecule has 0 spiro atoms. The summed E-state index contributed by atoms with van der Waals surface area (Å²) in [6.07, 6.45) is 1.38. The molecule has 0 unspecified atom stereocenters. The highest BCUT2D eigenvalue weighted by atomic mass is 79.9. The van der Waals surface area contributed by atoms with E-state index in [4.69, 9.17) is 0 Å². The van der Waals surface area contributed by atoms with Gasteiger partial charge in [0.05, 0.1) is 18.2 Å². The zero-order valence-electron chi connectivity index (χ0n) is 10.2. The van der Waals surface area contributed by atoms with Crippen LogP contribution in [-0.4, -0.2) is 23.4 Å². The molecule has 1 aromatic rings. The lowest BCUT2D eigenvalue weighted by Crippen LogP contribution is -2.32. The molecular formula is C13H17BrN2O. The number of nitrogens with zero attached hydrogens (tertiary/aromatic N) is 1. The van der Waals surface area contributed by atoms with E-state index in [0.29, 0.717) is 12.3 Å². The summed E-state index contributed by atoms with van der Waals surface area (Å²) in [6, 6.07) is 3.91. The number of Topliss-reactive ketones (excluding diaryl/α,β-unsaturated/α-hetero) is 1. The zero-order chi connectivity index (χ0) is 12.4. The molecule has 0 bridgehead atoms. The normalized spacial score (nSPS) is 23.9. The highest BCUT2D eigenvalue weighted by molar-refractivity contribution is 9.10. The van der Waals surface area contributed by atoms with E-state index < -0.39 is 0 Å². The van der Waals surface area contributed by atoms with E-state index in [2.05, 4.69) is 33.2 Å². The third kappa shape index (κ3) is 3.13. The molecule has 0 aromatic carbocycles. The summed E-state index contributed by atoms with van der Waals surface area (Å²) in [4.78, 5) is 16.5. The Hall–Kier alpha value is -0.740. The van der Waals surface area contributed by atoms with Crippen molar-refractivity contribution in [2.24, 2.45) is 5.92 Å². The lowest BCUT2D eigenvalue weighted by molar-refractivity contribution is -0.120. The van der Waals surface area contributed by atoms with Gasteiger partial charge in [0, 0.05) is 0 Å². The van der Waals surface area contributed by atoms with Crippen LogP contribution in [0.5, 0.6) is 0 Å². The van der Waals surface area contributed by atoms with Crippen molar-refractivity contribution in [3.05, 3.63) is 28.0 Å².